The smallest absolute Gasteiger partial charge is 0.361 e. The van der Waals surface area contributed by atoms with Crippen LogP contribution in [-0.2, 0) is 14.3 Å². The molecule has 2 bridgehead atoms. The van der Waals surface area contributed by atoms with Crippen molar-refractivity contribution in [2.24, 2.45) is 16.7 Å². The van der Waals surface area contributed by atoms with Gasteiger partial charge in [0.2, 0.25) is 0 Å². The van der Waals surface area contributed by atoms with Crippen LogP contribution in [0.25, 0.3) is 0 Å². The van der Waals surface area contributed by atoms with Gasteiger partial charge in [0.15, 0.2) is 6.54 Å². The number of likely N-dealkylation sites (N-methyl/N-ethyl adjacent to an activating group) is 1. The zero-order valence-electron chi connectivity index (χ0n) is 16.7. The van der Waals surface area contributed by atoms with Gasteiger partial charge in [-0.3, -0.25) is 0 Å². The Bertz CT molecular complexity index is 446. The molecular formula is C20H38NO3+. The number of fused-ring (bicyclic) bond motifs is 2. The maximum absolute atomic E-state index is 11.9. The molecule has 24 heavy (non-hydrogen) atoms. The van der Waals surface area contributed by atoms with E-state index in [0.29, 0.717) is 34.6 Å². The first-order valence-corrected chi connectivity index (χ1v) is 9.71. The Labute approximate surface area is 148 Å². The van der Waals surface area contributed by atoms with Gasteiger partial charge in [-0.15, -0.1) is 0 Å². The van der Waals surface area contributed by atoms with E-state index in [1.165, 1.54) is 19.3 Å². The summed E-state index contributed by atoms with van der Waals surface area (Å²) in [6.07, 6.45) is 6.22. The van der Waals surface area contributed by atoms with Crippen molar-refractivity contribution in [3.63, 3.8) is 0 Å². The second-order valence-electron chi connectivity index (χ2n) is 9.36. The lowest BCUT2D eigenvalue weighted by molar-refractivity contribution is -0.883. The molecule has 2 rings (SSSR count). The Kier molecular flexibility index (Phi) is 6.02. The SMILES string of the molecule is CCCCOC(=O)C[N+](C)(C)CCO[C@H]1C[C@@H]2CC[C@]1(C)C2(C)C. The van der Waals surface area contributed by atoms with Gasteiger partial charge < -0.3 is 14.0 Å². The Balaban J connectivity index is 1.74. The van der Waals surface area contributed by atoms with Crippen LogP contribution < -0.4 is 0 Å². The minimum absolute atomic E-state index is 0.0959. The zero-order valence-corrected chi connectivity index (χ0v) is 16.7. The molecule has 3 atom stereocenters. The number of esters is 1. The van der Waals surface area contributed by atoms with Gasteiger partial charge in [0, 0.05) is 0 Å². The van der Waals surface area contributed by atoms with E-state index in [0.717, 1.165) is 31.9 Å². The van der Waals surface area contributed by atoms with E-state index in [4.69, 9.17) is 9.47 Å². The van der Waals surface area contributed by atoms with Crippen LogP contribution in [0.4, 0.5) is 0 Å². The summed E-state index contributed by atoms with van der Waals surface area (Å²) in [5.74, 6) is 0.713. The van der Waals surface area contributed by atoms with E-state index in [1.54, 1.807) is 0 Å². The summed E-state index contributed by atoms with van der Waals surface area (Å²) in [6, 6.07) is 0. The molecule has 0 heterocycles. The van der Waals surface area contributed by atoms with Gasteiger partial charge >= 0.3 is 5.97 Å². The number of carbonyl (C=O) groups is 1. The Morgan fingerprint density at radius 1 is 1.21 bits per heavy atom. The van der Waals surface area contributed by atoms with Crippen molar-refractivity contribution in [1.82, 2.24) is 0 Å². The van der Waals surface area contributed by atoms with Gasteiger partial charge in [0.25, 0.3) is 0 Å². The van der Waals surface area contributed by atoms with E-state index in [2.05, 4.69) is 41.8 Å². The highest BCUT2D eigenvalue weighted by atomic mass is 16.5. The third-order valence-electron chi connectivity index (χ3n) is 7.05. The minimum Gasteiger partial charge on any atom is -0.462 e. The van der Waals surface area contributed by atoms with Crippen molar-refractivity contribution in [1.29, 1.82) is 0 Å². The van der Waals surface area contributed by atoms with Crippen LogP contribution in [0, 0.1) is 16.7 Å². The summed E-state index contributed by atoms with van der Waals surface area (Å²) in [4.78, 5) is 11.9. The molecule has 0 radical (unpaired) electrons. The number of ether oxygens (including phenoxy) is 2. The van der Waals surface area contributed by atoms with Crippen LogP contribution in [0.3, 0.4) is 0 Å². The topological polar surface area (TPSA) is 35.5 Å². The maximum atomic E-state index is 11.9. The van der Waals surface area contributed by atoms with E-state index in [1.807, 2.05) is 0 Å². The van der Waals surface area contributed by atoms with E-state index in [-0.39, 0.29) is 5.97 Å². The zero-order chi connectivity index (χ0) is 18.0. The standard InChI is InChI=1S/C20H38NO3/c1-7-8-12-24-18(22)15-21(5,6)11-13-23-17-14-16-9-10-20(17,4)19(16,2)3/h16-17H,7-15H2,1-6H3/q+1/t16-,17-,20-/m0/s1. The molecule has 0 aromatic rings. The highest BCUT2D eigenvalue weighted by Crippen LogP contribution is 2.66. The van der Waals surface area contributed by atoms with E-state index < -0.39 is 0 Å². The highest BCUT2D eigenvalue weighted by Gasteiger charge is 2.61. The molecule has 2 saturated carbocycles. The van der Waals surface area contributed by atoms with Crippen molar-refractivity contribution in [2.45, 2.75) is 65.9 Å². The van der Waals surface area contributed by atoms with E-state index in [9.17, 15) is 4.79 Å². The highest BCUT2D eigenvalue weighted by molar-refractivity contribution is 5.70. The fraction of sp³-hybridized carbons (Fsp3) is 0.950. The first kappa shape index (κ1) is 19.7. The molecule has 0 amide bonds. The van der Waals surface area contributed by atoms with Crippen molar-refractivity contribution in [3.05, 3.63) is 0 Å². The molecule has 140 valence electrons. The normalized spacial score (nSPS) is 31.4. The van der Waals surface area contributed by atoms with Crippen LogP contribution >= 0.6 is 0 Å². The number of hydrogen-bond donors (Lipinski definition) is 0. The predicted molar refractivity (Wildman–Crippen MR) is 96.7 cm³/mol. The molecule has 2 aliphatic rings. The molecule has 0 aliphatic heterocycles. The number of hydrogen-bond acceptors (Lipinski definition) is 3. The molecule has 0 saturated heterocycles. The van der Waals surface area contributed by atoms with Crippen LogP contribution in [-0.4, -0.2) is 57.0 Å². The number of quaternary nitrogens is 1. The molecular weight excluding hydrogens is 302 g/mol. The second-order valence-corrected chi connectivity index (χ2v) is 9.36. The van der Waals surface area contributed by atoms with Crippen molar-refractivity contribution in [3.8, 4) is 0 Å². The quantitative estimate of drug-likeness (QED) is 0.365. The average molecular weight is 341 g/mol. The molecule has 0 aromatic carbocycles. The third kappa shape index (κ3) is 3.96. The van der Waals surface area contributed by atoms with Crippen LogP contribution in [0.5, 0.6) is 0 Å². The molecule has 0 spiro atoms. The molecule has 0 aromatic heterocycles. The fourth-order valence-corrected chi connectivity index (χ4v) is 4.63. The van der Waals surface area contributed by atoms with Gasteiger partial charge in [-0.05, 0) is 42.4 Å². The number of carbonyl (C=O) groups excluding carboxylic acids is 1. The van der Waals surface area contributed by atoms with Gasteiger partial charge in [-0.2, -0.15) is 0 Å². The minimum atomic E-state index is -0.0959. The average Bonchev–Trinajstić information content (AvgIpc) is 2.80. The Morgan fingerprint density at radius 2 is 1.92 bits per heavy atom. The van der Waals surface area contributed by atoms with Gasteiger partial charge in [0.1, 0.15) is 6.54 Å². The maximum Gasteiger partial charge on any atom is 0.361 e. The summed E-state index contributed by atoms with van der Waals surface area (Å²) in [6.45, 7) is 11.9. The molecule has 0 unspecified atom stereocenters. The predicted octanol–water partition coefficient (Wildman–Crippen LogP) is 3.64. The lowest BCUT2D eigenvalue weighted by Crippen LogP contribution is -2.47. The molecule has 2 aliphatic carbocycles. The first-order valence-electron chi connectivity index (χ1n) is 9.71. The molecule has 2 fully saturated rings. The first-order chi connectivity index (χ1) is 11.1. The van der Waals surface area contributed by atoms with Gasteiger partial charge in [-0.25, -0.2) is 4.79 Å². The largest absolute Gasteiger partial charge is 0.462 e. The molecule has 0 N–H and O–H groups in total. The van der Waals surface area contributed by atoms with Crippen molar-refractivity contribution in [2.75, 3.05) is 40.4 Å². The van der Waals surface area contributed by atoms with E-state index >= 15 is 0 Å². The van der Waals surface area contributed by atoms with Crippen molar-refractivity contribution >= 4 is 5.97 Å². The summed E-state index contributed by atoms with van der Waals surface area (Å²) in [7, 11) is 4.16. The Morgan fingerprint density at radius 3 is 2.46 bits per heavy atom. The van der Waals surface area contributed by atoms with Gasteiger partial charge in [-0.1, -0.05) is 34.1 Å². The number of rotatable bonds is 9. The van der Waals surface area contributed by atoms with Crippen LogP contribution in [0.2, 0.25) is 0 Å². The fourth-order valence-electron chi connectivity index (χ4n) is 4.63. The summed E-state index contributed by atoms with van der Waals surface area (Å²) in [5, 5.41) is 0. The summed E-state index contributed by atoms with van der Waals surface area (Å²) in [5.41, 5.74) is 0.707. The van der Waals surface area contributed by atoms with Crippen LogP contribution in [0.1, 0.15) is 59.8 Å². The lowest BCUT2D eigenvalue weighted by atomic mass is 9.70. The summed E-state index contributed by atoms with van der Waals surface area (Å²) >= 11 is 0. The lowest BCUT2D eigenvalue weighted by Gasteiger charge is -2.39. The molecule has 4 heteroatoms. The number of nitrogens with zero attached hydrogens (tertiary/aromatic N) is 1. The summed E-state index contributed by atoms with van der Waals surface area (Å²) < 4.78 is 12.2. The number of unbranched alkanes of at least 4 members (excludes halogenated alkanes) is 1. The monoisotopic (exact) mass is 340 g/mol. The second kappa shape index (κ2) is 7.33. The van der Waals surface area contributed by atoms with Crippen molar-refractivity contribution < 1.29 is 18.8 Å². The molecule has 4 nitrogen and oxygen atoms in total. The van der Waals surface area contributed by atoms with Crippen LogP contribution in [0.15, 0.2) is 0 Å². The van der Waals surface area contributed by atoms with Gasteiger partial charge in [0.05, 0.1) is 33.4 Å². The Hall–Kier alpha value is -0.610. The third-order valence-corrected chi connectivity index (χ3v) is 7.05.